The minimum absolute atomic E-state index is 0.0654. The van der Waals surface area contributed by atoms with E-state index in [4.69, 9.17) is 16.3 Å². The molecule has 1 unspecified atom stereocenters. The molecule has 2 saturated heterocycles. The third kappa shape index (κ3) is 4.69. The minimum Gasteiger partial charge on any atom is -0.378 e. The molecule has 11 heteroatoms. The molecule has 1 amide bonds. The molecule has 1 atom stereocenters. The molecular weight excluding hydrogens is 579 g/mol. The van der Waals surface area contributed by atoms with Crippen molar-refractivity contribution in [3.8, 4) is 0 Å². The van der Waals surface area contributed by atoms with Crippen molar-refractivity contribution < 1.29 is 22.3 Å². The molecule has 4 heterocycles. The van der Waals surface area contributed by atoms with Gasteiger partial charge in [-0.3, -0.25) is 19.0 Å². The van der Waals surface area contributed by atoms with Crippen molar-refractivity contribution in [1.29, 1.82) is 0 Å². The number of halogens is 2. The molecule has 3 fully saturated rings. The second-order valence-corrected chi connectivity index (χ2v) is 14.0. The number of amides is 1. The number of likely N-dealkylation sites (tertiary alicyclic amines) is 1. The first-order valence-corrected chi connectivity index (χ1v) is 16.2. The Bertz CT molecular complexity index is 1620. The van der Waals surface area contributed by atoms with Gasteiger partial charge in [-0.1, -0.05) is 11.6 Å². The SMILES string of the molecule is O=C(NCc1ncccc1Cl)c1ccc2c(c1)C1(CCN(C3COC3)CC1)C(C1CC1)N2S(=O)(=O)c1ccc(F)cc1. The Kier molecular flexibility index (Phi) is 7.00. The topological polar surface area (TPSA) is 91.8 Å². The number of hydrogen-bond acceptors (Lipinski definition) is 6. The maximum Gasteiger partial charge on any atom is 0.264 e. The van der Waals surface area contributed by atoms with Gasteiger partial charge in [-0.2, -0.15) is 0 Å². The molecular formula is C31H32ClFN4O4S. The van der Waals surface area contributed by atoms with Gasteiger partial charge in [0.25, 0.3) is 15.9 Å². The number of carbonyl (C=O) groups excluding carboxylic acids is 1. The van der Waals surface area contributed by atoms with Crippen LogP contribution in [0.3, 0.4) is 0 Å². The monoisotopic (exact) mass is 610 g/mol. The number of rotatable bonds is 7. The van der Waals surface area contributed by atoms with Gasteiger partial charge < -0.3 is 10.1 Å². The van der Waals surface area contributed by atoms with Crippen LogP contribution in [0.25, 0.3) is 0 Å². The largest absolute Gasteiger partial charge is 0.378 e. The van der Waals surface area contributed by atoms with Gasteiger partial charge in [0.1, 0.15) is 5.82 Å². The maximum atomic E-state index is 14.3. The number of sulfonamides is 1. The van der Waals surface area contributed by atoms with Crippen LogP contribution in [0.5, 0.6) is 0 Å². The van der Waals surface area contributed by atoms with Gasteiger partial charge in [-0.15, -0.1) is 0 Å². The van der Waals surface area contributed by atoms with Gasteiger partial charge in [-0.05, 0) is 105 Å². The standard InChI is InChI=1S/C31H32ClFN4O4S/c32-26-2-1-13-34-27(26)17-35-30(38)21-5-10-28-25(16-21)31(11-14-36(15-12-31)23-18-41-19-23)29(20-3-4-20)37(28)42(39,40)24-8-6-22(33)7-9-24/h1-2,5-10,13,16,20,23,29H,3-4,11-12,14-15,17-19H2,(H,35,38). The van der Waals surface area contributed by atoms with E-state index in [9.17, 15) is 17.6 Å². The zero-order chi connectivity index (χ0) is 29.1. The number of pyridine rings is 1. The van der Waals surface area contributed by atoms with E-state index in [1.165, 1.54) is 24.3 Å². The van der Waals surface area contributed by atoms with Crippen molar-refractivity contribution >= 4 is 33.2 Å². The summed E-state index contributed by atoms with van der Waals surface area (Å²) in [6, 6.07) is 14.0. The summed E-state index contributed by atoms with van der Waals surface area (Å²) in [6.45, 7) is 3.29. The molecule has 3 aliphatic heterocycles. The average Bonchev–Trinajstić information content (AvgIpc) is 3.76. The molecule has 4 aliphatic rings. The number of benzene rings is 2. The average molecular weight is 611 g/mol. The molecule has 1 spiro atoms. The van der Waals surface area contributed by atoms with E-state index in [0.29, 0.717) is 28.0 Å². The summed E-state index contributed by atoms with van der Waals surface area (Å²) in [4.78, 5) is 20.1. The van der Waals surface area contributed by atoms with Crippen LogP contribution in [0.1, 0.15) is 47.3 Å². The van der Waals surface area contributed by atoms with Crippen LogP contribution < -0.4 is 9.62 Å². The normalized spacial score (nSPS) is 22.1. The first-order valence-electron chi connectivity index (χ1n) is 14.4. The number of carbonyl (C=O) groups is 1. The van der Waals surface area contributed by atoms with E-state index >= 15 is 0 Å². The first-order chi connectivity index (χ1) is 20.3. The number of nitrogens with zero attached hydrogens (tertiary/aromatic N) is 3. The van der Waals surface area contributed by atoms with Crippen molar-refractivity contribution in [2.24, 2.45) is 5.92 Å². The van der Waals surface area contributed by atoms with Crippen LogP contribution in [-0.2, 0) is 26.7 Å². The lowest BCUT2D eigenvalue weighted by Crippen LogP contribution is -2.58. The number of ether oxygens (including phenoxy) is 1. The smallest absolute Gasteiger partial charge is 0.264 e. The van der Waals surface area contributed by atoms with Crippen molar-refractivity contribution in [2.75, 3.05) is 30.6 Å². The maximum absolute atomic E-state index is 14.3. The number of anilines is 1. The molecule has 7 rings (SSSR count). The van der Waals surface area contributed by atoms with Crippen LogP contribution in [-0.4, -0.2) is 62.6 Å². The molecule has 1 N–H and O–H groups in total. The third-order valence-corrected chi connectivity index (χ3v) is 11.5. The van der Waals surface area contributed by atoms with Gasteiger partial charge in [-0.25, -0.2) is 12.8 Å². The summed E-state index contributed by atoms with van der Waals surface area (Å²) in [5, 5.41) is 3.39. The zero-order valence-electron chi connectivity index (χ0n) is 23.0. The molecule has 3 aromatic rings. The van der Waals surface area contributed by atoms with Crippen molar-refractivity contribution in [3.05, 3.63) is 88.5 Å². The quantitative estimate of drug-likeness (QED) is 0.423. The third-order valence-electron chi connectivity index (χ3n) is 9.37. The molecule has 0 radical (unpaired) electrons. The van der Waals surface area contributed by atoms with E-state index in [-0.39, 0.29) is 29.3 Å². The Morgan fingerprint density at radius 3 is 2.48 bits per heavy atom. The van der Waals surface area contributed by atoms with Crippen LogP contribution in [0, 0.1) is 11.7 Å². The van der Waals surface area contributed by atoms with Gasteiger partial charge >= 0.3 is 0 Å². The van der Waals surface area contributed by atoms with Crippen molar-refractivity contribution in [1.82, 2.24) is 15.2 Å². The molecule has 1 aromatic heterocycles. The molecule has 0 bridgehead atoms. The Labute approximate surface area is 249 Å². The summed E-state index contributed by atoms with van der Waals surface area (Å²) in [7, 11) is -4.00. The van der Waals surface area contributed by atoms with Gasteiger partial charge in [0.05, 0.1) is 53.1 Å². The molecule has 42 heavy (non-hydrogen) atoms. The molecule has 1 saturated carbocycles. The fraction of sp³-hybridized carbons (Fsp3) is 0.419. The van der Waals surface area contributed by atoms with Gasteiger partial charge in [0, 0.05) is 17.2 Å². The summed E-state index contributed by atoms with van der Waals surface area (Å²) in [5.74, 6) is -0.544. The van der Waals surface area contributed by atoms with E-state index < -0.39 is 21.3 Å². The Morgan fingerprint density at radius 2 is 1.83 bits per heavy atom. The minimum atomic E-state index is -4.00. The number of piperidine rings is 1. The van der Waals surface area contributed by atoms with Crippen LogP contribution in [0.15, 0.2) is 65.7 Å². The fourth-order valence-electron chi connectivity index (χ4n) is 6.96. The lowest BCUT2D eigenvalue weighted by Gasteiger charge is -2.48. The van der Waals surface area contributed by atoms with Gasteiger partial charge in [0.2, 0.25) is 0 Å². The summed E-state index contributed by atoms with van der Waals surface area (Å²) in [5.41, 5.74) is 2.11. The van der Waals surface area contributed by atoms with E-state index in [1.54, 1.807) is 34.8 Å². The highest BCUT2D eigenvalue weighted by molar-refractivity contribution is 7.92. The first kappa shape index (κ1) is 27.8. The molecule has 8 nitrogen and oxygen atoms in total. The molecule has 2 aromatic carbocycles. The number of aromatic nitrogens is 1. The zero-order valence-corrected chi connectivity index (χ0v) is 24.6. The second kappa shape index (κ2) is 10.6. The molecule has 1 aliphatic carbocycles. The van der Waals surface area contributed by atoms with Crippen molar-refractivity contribution in [3.63, 3.8) is 0 Å². The number of nitrogens with one attached hydrogen (secondary N) is 1. The van der Waals surface area contributed by atoms with E-state index in [0.717, 1.165) is 57.6 Å². The predicted octanol–water partition coefficient (Wildman–Crippen LogP) is 4.52. The van der Waals surface area contributed by atoms with E-state index in [2.05, 4.69) is 15.2 Å². The van der Waals surface area contributed by atoms with Crippen LogP contribution in [0.4, 0.5) is 10.1 Å². The van der Waals surface area contributed by atoms with Crippen LogP contribution in [0.2, 0.25) is 5.02 Å². The number of fused-ring (bicyclic) bond motifs is 2. The number of hydrogen-bond donors (Lipinski definition) is 1. The fourth-order valence-corrected chi connectivity index (χ4v) is 8.94. The summed E-state index contributed by atoms with van der Waals surface area (Å²) in [6.07, 6.45) is 5.09. The summed E-state index contributed by atoms with van der Waals surface area (Å²) < 4.78 is 49.4. The molecule has 220 valence electrons. The highest BCUT2D eigenvalue weighted by Gasteiger charge is 2.60. The Balaban J connectivity index is 1.28. The van der Waals surface area contributed by atoms with E-state index in [1.807, 2.05) is 6.07 Å². The second-order valence-electron chi connectivity index (χ2n) is 11.8. The summed E-state index contributed by atoms with van der Waals surface area (Å²) >= 11 is 6.24. The van der Waals surface area contributed by atoms with Gasteiger partial charge in [0.15, 0.2) is 0 Å². The Morgan fingerprint density at radius 1 is 1.10 bits per heavy atom. The van der Waals surface area contributed by atoms with Crippen LogP contribution >= 0.6 is 11.6 Å². The highest BCUT2D eigenvalue weighted by Crippen LogP contribution is 2.59. The highest BCUT2D eigenvalue weighted by atomic mass is 35.5. The lowest BCUT2D eigenvalue weighted by molar-refractivity contribution is -0.0768. The Hall–Kier alpha value is -3.05. The van der Waals surface area contributed by atoms with Crippen molar-refractivity contribution in [2.45, 2.75) is 54.6 Å². The lowest BCUT2D eigenvalue weighted by atomic mass is 9.67. The predicted molar refractivity (Wildman–Crippen MR) is 157 cm³/mol.